The number of aromatic nitrogens is 3. The Morgan fingerprint density at radius 2 is 1.76 bits per heavy atom. The molecule has 2 heterocycles. The Balaban J connectivity index is 1.27. The summed E-state index contributed by atoms with van der Waals surface area (Å²) in [5, 5.41) is 15.8. The van der Waals surface area contributed by atoms with E-state index in [2.05, 4.69) is 31.7 Å². The Labute approximate surface area is 211 Å². The normalized spacial score (nSPS) is 10.7. The van der Waals surface area contributed by atoms with E-state index in [0.29, 0.717) is 58.3 Å². The molecule has 37 heavy (non-hydrogen) atoms. The van der Waals surface area contributed by atoms with Crippen molar-refractivity contribution in [1.82, 2.24) is 15.0 Å². The fourth-order valence-electron chi connectivity index (χ4n) is 3.72. The minimum atomic E-state index is -0.375. The van der Waals surface area contributed by atoms with Crippen LogP contribution in [0, 0.1) is 11.3 Å². The zero-order valence-electron chi connectivity index (χ0n) is 19.8. The lowest BCUT2D eigenvalue weighted by Crippen LogP contribution is -2.19. The summed E-state index contributed by atoms with van der Waals surface area (Å²) in [7, 11) is 1.58. The number of hydrogen-bond acceptors (Lipinski definition) is 7. The number of nitriles is 1. The summed E-state index contributed by atoms with van der Waals surface area (Å²) in [4.78, 5) is 24.0. The number of aromatic amines is 1. The number of carbonyl (C=O) groups excluding carboxylic acids is 1. The molecule has 3 aromatic carbocycles. The van der Waals surface area contributed by atoms with Crippen molar-refractivity contribution >= 4 is 39.3 Å². The lowest BCUT2D eigenvalue weighted by atomic mass is 10.1. The summed E-state index contributed by atoms with van der Waals surface area (Å²) in [6.45, 7) is 0.734. The molecule has 10 nitrogen and oxygen atoms in total. The van der Waals surface area contributed by atoms with Crippen LogP contribution in [0.5, 0.6) is 17.2 Å². The van der Waals surface area contributed by atoms with Crippen LogP contribution in [0.1, 0.15) is 5.56 Å². The average molecular weight is 495 g/mol. The molecule has 0 atom stereocenters. The number of benzene rings is 3. The van der Waals surface area contributed by atoms with Gasteiger partial charge in [-0.25, -0.2) is 9.78 Å². The number of hydrogen-bond donors (Lipinski definition) is 3. The number of imidazole rings is 1. The number of rotatable bonds is 8. The molecule has 0 aliphatic rings. The summed E-state index contributed by atoms with van der Waals surface area (Å²) < 4.78 is 16.7. The van der Waals surface area contributed by atoms with Crippen LogP contribution in [0.25, 0.3) is 21.9 Å². The van der Waals surface area contributed by atoms with E-state index >= 15 is 0 Å². The fraction of sp³-hybridized carbons (Fsp3) is 0.111. The highest BCUT2D eigenvalue weighted by molar-refractivity contribution is 6.00. The van der Waals surface area contributed by atoms with Gasteiger partial charge in [0.25, 0.3) is 0 Å². The second-order valence-electron chi connectivity index (χ2n) is 7.97. The van der Waals surface area contributed by atoms with Gasteiger partial charge >= 0.3 is 6.03 Å². The molecule has 0 aliphatic carbocycles. The Morgan fingerprint density at radius 3 is 2.57 bits per heavy atom. The molecule has 0 aliphatic heterocycles. The zero-order valence-corrected chi connectivity index (χ0v) is 19.8. The molecule has 184 valence electrons. The maximum absolute atomic E-state index is 12.4. The van der Waals surface area contributed by atoms with E-state index in [1.54, 1.807) is 68.2 Å². The van der Waals surface area contributed by atoms with Gasteiger partial charge in [-0.1, -0.05) is 0 Å². The van der Waals surface area contributed by atoms with Crippen molar-refractivity contribution in [2.75, 3.05) is 31.0 Å². The summed E-state index contributed by atoms with van der Waals surface area (Å²) in [6.07, 6.45) is 3.23. The van der Waals surface area contributed by atoms with Gasteiger partial charge in [0.05, 0.1) is 35.0 Å². The van der Waals surface area contributed by atoms with E-state index < -0.39 is 0 Å². The number of nitrogens with zero attached hydrogens (tertiary/aromatic N) is 3. The molecule has 0 saturated heterocycles. The first-order valence-electron chi connectivity index (χ1n) is 11.4. The molecule has 0 bridgehead atoms. The van der Waals surface area contributed by atoms with Crippen LogP contribution in [0.2, 0.25) is 0 Å². The monoisotopic (exact) mass is 494 g/mol. The van der Waals surface area contributed by atoms with E-state index in [4.69, 9.17) is 14.2 Å². The summed E-state index contributed by atoms with van der Waals surface area (Å²) in [5.74, 6) is 1.54. The molecular formula is C27H22N6O4. The van der Waals surface area contributed by atoms with Crippen molar-refractivity contribution in [3.63, 3.8) is 0 Å². The quantitative estimate of drug-likeness (QED) is 0.244. The van der Waals surface area contributed by atoms with E-state index in [9.17, 15) is 10.1 Å². The largest absolute Gasteiger partial charge is 0.490 e. The SMILES string of the molecule is COCCOc1cc2nccc(Oc3ccc(NC(=O)Nc4ccc5nc[nH]c5c4)cc3)c2cc1C#N. The number of carbonyl (C=O) groups is 1. The fourth-order valence-corrected chi connectivity index (χ4v) is 3.72. The number of anilines is 2. The lowest BCUT2D eigenvalue weighted by Gasteiger charge is -2.12. The number of urea groups is 1. The van der Waals surface area contributed by atoms with Gasteiger partial charge in [0, 0.05) is 36.1 Å². The standard InChI is InChI=1S/C27H22N6O4/c1-35-10-11-36-26-14-23-21(12-17(26)15-28)25(8-9-29-23)37-20-5-2-18(3-6-20)32-27(34)33-19-4-7-22-24(13-19)31-16-30-22/h2-9,12-14,16H,10-11H2,1H3,(H,30,31)(H2,32,33,34). The second-order valence-corrected chi connectivity index (χ2v) is 7.97. The topological polar surface area (TPSA) is 134 Å². The summed E-state index contributed by atoms with van der Waals surface area (Å²) in [5.41, 5.74) is 3.90. The molecule has 2 amide bonds. The highest BCUT2D eigenvalue weighted by atomic mass is 16.5. The van der Waals surface area contributed by atoms with E-state index in [1.165, 1.54) is 0 Å². The van der Waals surface area contributed by atoms with Gasteiger partial charge in [0.15, 0.2) is 0 Å². The van der Waals surface area contributed by atoms with Crippen LogP contribution >= 0.6 is 0 Å². The third-order valence-electron chi connectivity index (χ3n) is 5.49. The lowest BCUT2D eigenvalue weighted by molar-refractivity contribution is 0.146. The van der Waals surface area contributed by atoms with Gasteiger partial charge in [-0.05, 0) is 54.6 Å². The number of pyridine rings is 1. The molecule has 0 saturated carbocycles. The van der Waals surface area contributed by atoms with Crippen LogP contribution in [0.4, 0.5) is 16.2 Å². The number of amides is 2. The number of methoxy groups -OCH3 is 1. The predicted molar refractivity (Wildman–Crippen MR) is 139 cm³/mol. The number of fused-ring (bicyclic) bond motifs is 2. The van der Waals surface area contributed by atoms with Crippen molar-refractivity contribution < 1.29 is 19.0 Å². The Kier molecular flexibility index (Phi) is 6.78. The molecule has 10 heteroatoms. The van der Waals surface area contributed by atoms with Crippen molar-refractivity contribution in [3.8, 4) is 23.3 Å². The molecule has 0 radical (unpaired) electrons. The first-order chi connectivity index (χ1) is 18.1. The van der Waals surface area contributed by atoms with Gasteiger partial charge in [-0.15, -0.1) is 0 Å². The number of nitrogens with one attached hydrogen (secondary N) is 3. The minimum absolute atomic E-state index is 0.324. The second kappa shape index (κ2) is 10.6. The maximum atomic E-state index is 12.4. The average Bonchev–Trinajstić information content (AvgIpc) is 3.38. The van der Waals surface area contributed by atoms with Gasteiger partial charge in [0.2, 0.25) is 0 Å². The number of ether oxygens (including phenoxy) is 3. The molecule has 5 aromatic rings. The van der Waals surface area contributed by atoms with E-state index in [1.807, 2.05) is 12.1 Å². The first kappa shape index (κ1) is 23.6. The van der Waals surface area contributed by atoms with Crippen LogP contribution < -0.4 is 20.1 Å². The van der Waals surface area contributed by atoms with E-state index in [-0.39, 0.29) is 6.03 Å². The smallest absolute Gasteiger partial charge is 0.323 e. The number of H-pyrrole nitrogens is 1. The molecule has 0 unspecified atom stereocenters. The molecule has 5 rings (SSSR count). The molecular weight excluding hydrogens is 472 g/mol. The molecule has 0 fully saturated rings. The Bertz CT molecular complexity index is 1610. The summed E-state index contributed by atoms with van der Waals surface area (Å²) in [6, 6.07) is 19.3. The highest BCUT2D eigenvalue weighted by Crippen LogP contribution is 2.33. The van der Waals surface area contributed by atoms with Gasteiger partial charge < -0.3 is 29.8 Å². The van der Waals surface area contributed by atoms with Crippen molar-refractivity contribution in [1.29, 1.82) is 5.26 Å². The third kappa shape index (κ3) is 5.42. The van der Waals surface area contributed by atoms with E-state index in [0.717, 1.165) is 11.0 Å². The van der Waals surface area contributed by atoms with Gasteiger partial charge in [0.1, 0.15) is 29.9 Å². The molecule has 0 spiro atoms. The van der Waals surface area contributed by atoms with Crippen molar-refractivity contribution in [2.24, 2.45) is 0 Å². The maximum Gasteiger partial charge on any atom is 0.323 e. The van der Waals surface area contributed by atoms with Crippen LogP contribution in [-0.4, -0.2) is 41.3 Å². The third-order valence-corrected chi connectivity index (χ3v) is 5.49. The predicted octanol–water partition coefficient (Wildman–Crippen LogP) is 5.44. The van der Waals surface area contributed by atoms with Crippen molar-refractivity contribution in [2.45, 2.75) is 0 Å². The minimum Gasteiger partial charge on any atom is -0.490 e. The Morgan fingerprint density at radius 1 is 0.946 bits per heavy atom. The molecule has 2 aromatic heterocycles. The Hall–Kier alpha value is -5.14. The summed E-state index contributed by atoms with van der Waals surface area (Å²) >= 11 is 0. The van der Waals surface area contributed by atoms with Crippen LogP contribution in [-0.2, 0) is 4.74 Å². The zero-order chi connectivity index (χ0) is 25.6. The van der Waals surface area contributed by atoms with Gasteiger partial charge in [-0.3, -0.25) is 4.98 Å². The van der Waals surface area contributed by atoms with Crippen LogP contribution in [0.3, 0.4) is 0 Å². The molecule has 3 N–H and O–H groups in total. The highest BCUT2D eigenvalue weighted by Gasteiger charge is 2.12. The van der Waals surface area contributed by atoms with Crippen LogP contribution in [0.15, 0.2) is 73.2 Å². The first-order valence-corrected chi connectivity index (χ1v) is 11.4. The van der Waals surface area contributed by atoms with Crippen molar-refractivity contribution in [3.05, 3.63) is 78.8 Å². The van der Waals surface area contributed by atoms with Gasteiger partial charge in [-0.2, -0.15) is 5.26 Å².